The van der Waals surface area contributed by atoms with Crippen molar-refractivity contribution in [3.63, 3.8) is 0 Å². The van der Waals surface area contributed by atoms with Gasteiger partial charge in [0.15, 0.2) is 11.2 Å². The maximum atomic E-state index is 13.4. The minimum atomic E-state index is -0.800. The smallest absolute Gasteiger partial charge is 0.337 e. The fraction of sp³-hybridized carbons (Fsp3) is 0.429. The molecule has 1 saturated heterocycles. The van der Waals surface area contributed by atoms with Crippen molar-refractivity contribution >= 4 is 28.7 Å². The van der Waals surface area contributed by atoms with Crippen LogP contribution in [0, 0.1) is 0 Å². The molecule has 2 unspecified atom stereocenters. The Labute approximate surface area is 182 Å². The Morgan fingerprint density at radius 3 is 2.81 bits per heavy atom. The monoisotopic (exact) mass is 446 g/mol. The zero-order chi connectivity index (χ0) is 22.1. The fourth-order valence-corrected chi connectivity index (χ4v) is 4.04. The molecule has 31 heavy (non-hydrogen) atoms. The summed E-state index contributed by atoms with van der Waals surface area (Å²) in [5.41, 5.74) is -0.446. The molecule has 0 bridgehead atoms. The second-order valence-electron chi connectivity index (χ2n) is 7.37. The lowest BCUT2D eigenvalue weighted by atomic mass is 10.2. The first kappa shape index (κ1) is 21.3. The lowest BCUT2D eigenvalue weighted by Crippen LogP contribution is -2.42. The predicted molar refractivity (Wildman–Crippen MR) is 115 cm³/mol. The highest BCUT2D eigenvalue weighted by Crippen LogP contribution is 2.23. The summed E-state index contributed by atoms with van der Waals surface area (Å²) in [6.45, 7) is 4.24. The molecule has 3 heterocycles. The van der Waals surface area contributed by atoms with Crippen molar-refractivity contribution in [2.45, 2.75) is 45.4 Å². The van der Waals surface area contributed by atoms with E-state index in [9.17, 15) is 14.4 Å². The van der Waals surface area contributed by atoms with Crippen molar-refractivity contribution < 1.29 is 14.3 Å². The third-order valence-electron chi connectivity index (χ3n) is 5.40. The summed E-state index contributed by atoms with van der Waals surface area (Å²) in [5.74, 6) is -0.498. The van der Waals surface area contributed by atoms with Crippen LogP contribution in [-0.4, -0.2) is 44.0 Å². The number of carbonyl (C=O) groups is 1. The van der Waals surface area contributed by atoms with Crippen LogP contribution in [0.15, 0.2) is 40.2 Å². The molecule has 0 amide bonds. The Bertz CT molecular complexity index is 1240. The van der Waals surface area contributed by atoms with Crippen LogP contribution in [0.2, 0.25) is 5.02 Å². The Balaban J connectivity index is 2.00. The highest BCUT2D eigenvalue weighted by atomic mass is 35.5. The van der Waals surface area contributed by atoms with E-state index in [0.717, 1.165) is 17.4 Å². The number of carbonyl (C=O) groups excluding carboxylic acids is 1. The van der Waals surface area contributed by atoms with E-state index in [1.165, 1.54) is 15.5 Å². The van der Waals surface area contributed by atoms with Gasteiger partial charge < -0.3 is 14.0 Å². The minimum Gasteiger partial charge on any atom is -0.464 e. The van der Waals surface area contributed by atoms with Gasteiger partial charge >= 0.3 is 11.7 Å². The van der Waals surface area contributed by atoms with Crippen molar-refractivity contribution in [2.24, 2.45) is 0 Å². The van der Waals surface area contributed by atoms with Gasteiger partial charge in [0.1, 0.15) is 6.04 Å². The predicted octanol–water partition coefficient (Wildman–Crippen LogP) is 2.31. The second kappa shape index (κ2) is 8.68. The van der Waals surface area contributed by atoms with Crippen LogP contribution >= 0.6 is 11.6 Å². The minimum absolute atomic E-state index is 0.108. The largest absolute Gasteiger partial charge is 0.464 e. The number of para-hydroxylation sites is 1. The first-order valence-electron chi connectivity index (χ1n) is 10.2. The van der Waals surface area contributed by atoms with Gasteiger partial charge in [-0.25, -0.2) is 19.1 Å². The van der Waals surface area contributed by atoms with Crippen LogP contribution in [0.1, 0.15) is 32.7 Å². The Morgan fingerprint density at radius 1 is 1.35 bits per heavy atom. The zero-order valence-electron chi connectivity index (χ0n) is 17.3. The third kappa shape index (κ3) is 3.79. The maximum Gasteiger partial charge on any atom is 0.337 e. The molecule has 0 radical (unpaired) electrons. The topological polar surface area (TPSA) is 97.4 Å². The Hall–Kier alpha value is -2.91. The molecule has 0 spiro atoms. The molecule has 164 valence electrons. The molecule has 0 N–H and O–H groups in total. The van der Waals surface area contributed by atoms with Gasteiger partial charge in [-0.3, -0.25) is 9.36 Å². The van der Waals surface area contributed by atoms with Gasteiger partial charge in [-0.2, -0.15) is 0 Å². The van der Waals surface area contributed by atoms with Crippen LogP contribution in [0.4, 0.5) is 0 Å². The lowest BCUT2D eigenvalue weighted by Gasteiger charge is -2.17. The van der Waals surface area contributed by atoms with Gasteiger partial charge in [0.2, 0.25) is 0 Å². The second-order valence-corrected chi connectivity index (χ2v) is 7.78. The third-order valence-corrected chi connectivity index (χ3v) is 5.72. The first-order chi connectivity index (χ1) is 14.9. The number of imidazole rings is 1. The van der Waals surface area contributed by atoms with Gasteiger partial charge in [-0.05, 0) is 38.8 Å². The van der Waals surface area contributed by atoms with Crippen LogP contribution in [0.3, 0.4) is 0 Å². The number of hydrogen-bond donors (Lipinski definition) is 0. The number of esters is 1. The summed E-state index contributed by atoms with van der Waals surface area (Å²) in [4.78, 5) is 43.5. The number of hydrogen-bond acceptors (Lipinski definition) is 6. The lowest BCUT2D eigenvalue weighted by molar-refractivity contribution is -0.146. The van der Waals surface area contributed by atoms with E-state index in [0.29, 0.717) is 17.3 Å². The number of fused-ring (bicyclic) bond motifs is 1. The van der Waals surface area contributed by atoms with E-state index in [4.69, 9.17) is 21.1 Å². The van der Waals surface area contributed by atoms with Crippen molar-refractivity contribution in [1.29, 1.82) is 0 Å². The number of ether oxygens (including phenoxy) is 2. The molecule has 2 aromatic heterocycles. The number of aromatic nitrogens is 4. The summed E-state index contributed by atoms with van der Waals surface area (Å²) in [5, 5.41) is 0.334. The van der Waals surface area contributed by atoms with E-state index in [1.807, 2.05) is 0 Å². The van der Waals surface area contributed by atoms with Crippen molar-refractivity contribution in [2.75, 3.05) is 13.2 Å². The van der Waals surface area contributed by atoms with Crippen molar-refractivity contribution in [3.8, 4) is 5.69 Å². The zero-order valence-corrected chi connectivity index (χ0v) is 18.0. The molecule has 3 aromatic rings. The molecular formula is C21H23ClN4O5. The van der Waals surface area contributed by atoms with Gasteiger partial charge in [0.25, 0.3) is 5.56 Å². The molecule has 1 fully saturated rings. The molecule has 1 aliphatic heterocycles. The molecule has 1 aliphatic rings. The summed E-state index contributed by atoms with van der Waals surface area (Å²) in [7, 11) is 0. The van der Waals surface area contributed by atoms with Crippen molar-refractivity contribution in [3.05, 3.63) is 56.5 Å². The molecule has 10 heteroatoms. The first-order valence-corrected chi connectivity index (χ1v) is 10.6. The molecular weight excluding hydrogens is 424 g/mol. The number of benzene rings is 1. The molecule has 0 aliphatic carbocycles. The highest BCUT2D eigenvalue weighted by Gasteiger charge is 2.27. The fourth-order valence-electron chi connectivity index (χ4n) is 3.82. The van der Waals surface area contributed by atoms with E-state index >= 15 is 0 Å². The number of nitrogens with zero attached hydrogens (tertiary/aromatic N) is 4. The van der Waals surface area contributed by atoms with Crippen LogP contribution < -0.4 is 11.2 Å². The summed E-state index contributed by atoms with van der Waals surface area (Å²) >= 11 is 6.37. The highest BCUT2D eigenvalue weighted by molar-refractivity contribution is 6.32. The van der Waals surface area contributed by atoms with Gasteiger partial charge in [-0.15, -0.1) is 0 Å². The maximum absolute atomic E-state index is 13.4. The molecule has 9 nitrogen and oxygen atoms in total. The van der Waals surface area contributed by atoms with E-state index < -0.39 is 23.3 Å². The van der Waals surface area contributed by atoms with E-state index in [1.54, 1.807) is 38.1 Å². The van der Waals surface area contributed by atoms with Crippen molar-refractivity contribution in [1.82, 2.24) is 18.7 Å². The number of halogens is 1. The molecule has 0 saturated carbocycles. The van der Waals surface area contributed by atoms with Crippen LogP contribution in [-0.2, 0) is 20.8 Å². The van der Waals surface area contributed by atoms with E-state index in [2.05, 4.69) is 4.98 Å². The standard InChI is InChI=1S/C21H23ClN4O5/c1-3-30-20(28)13(2)25-12-23-18-17(25)19(27)24(11-14-7-6-10-31-14)21(29)26(18)16-9-5-4-8-15(16)22/h4-5,8-9,12-14H,3,6-7,10-11H2,1-2H3. The average molecular weight is 447 g/mol. The Morgan fingerprint density at radius 2 is 2.13 bits per heavy atom. The van der Waals surface area contributed by atoms with Crippen LogP contribution in [0.25, 0.3) is 16.9 Å². The van der Waals surface area contributed by atoms with Gasteiger partial charge in [0, 0.05) is 6.61 Å². The Kier molecular flexibility index (Phi) is 5.97. The molecule has 1 aromatic carbocycles. The SMILES string of the molecule is CCOC(=O)C(C)n1cnc2c1c(=O)n(CC1CCCO1)c(=O)n2-c1ccccc1Cl. The average Bonchev–Trinajstić information content (AvgIpc) is 3.42. The summed E-state index contributed by atoms with van der Waals surface area (Å²) in [6, 6.07) is 6.03. The van der Waals surface area contributed by atoms with Gasteiger partial charge in [-0.1, -0.05) is 23.7 Å². The molecule has 4 rings (SSSR count). The summed E-state index contributed by atoms with van der Waals surface area (Å²) in [6.07, 6.45) is 2.77. The van der Waals surface area contributed by atoms with Gasteiger partial charge in [0.05, 0.1) is 36.3 Å². The number of rotatable bonds is 6. The molecule has 2 atom stereocenters. The quantitative estimate of drug-likeness (QED) is 0.539. The van der Waals surface area contributed by atoms with Crippen LogP contribution in [0.5, 0.6) is 0 Å². The summed E-state index contributed by atoms with van der Waals surface area (Å²) < 4.78 is 14.6. The normalized spacial score (nSPS) is 17.2. The van der Waals surface area contributed by atoms with E-state index in [-0.39, 0.29) is 30.4 Å².